The Morgan fingerprint density at radius 1 is 0.216 bits per heavy atom. The molecule has 356 valence electrons. The lowest BCUT2D eigenvalue weighted by molar-refractivity contribution is -0.138. The molecule has 0 saturated carbocycles. The first-order valence-corrected chi connectivity index (χ1v) is 24.3. The first kappa shape index (κ1) is 46.1. The summed E-state index contributed by atoms with van der Waals surface area (Å²) in [7, 11) is 0. The number of hydrogen-bond acceptors (Lipinski definition) is 0. The summed E-state index contributed by atoms with van der Waals surface area (Å²) in [6.07, 6.45) is -9.18. The van der Waals surface area contributed by atoms with Crippen molar-refractivity contribution < 1.29 is 26.3 Å². The zero-order valence-corrected chi connectivity index (χ0v) is 39.5. The van der Waals surface area contributed by atoms with Crippen LogP contribution < -0.4 is 0 Å². The molecule has 0 bridgehead atoms. The van der Waals surface area contributed by atoms with Gasteiger partial charge in [0.25, 0.3) is 0 Å². The van der Waals surface area contributed by atoms with Crippen molar-refractivity contribution in [3.63, 3.8) is 0 Å². The average Bonchev–Trinajstić information content (AvgIpc) is 3.46. The molecule has 0 radical (unpaired) electrons. The summed E-state index contributed by atoms with van der Waals surface area (Å²) in [4.78, 5) is 0. The Kier molecular flexibility index (Phi) is 11.6. The number of alkyl halides is 6. The van der Waals surface area contributed by atoms with E-state index in [4.69, 9.17) is 0 Å². The lowest BCUT2D eigenvalue weighted by Gasteiger charge is -2.25. The van der Waals surface area contributed by atoms with Crippen LogP contribution in [-0.4, -0.2) is 0 Å². The molecular formula is C68H42F6. The van der Waals surface area contributed by atoms with Gasteiger partial charge in [0.05, 0.1) is 11.1 Å². The van der Waals surface area contributed by atoms with Crippen molar-refractivity contribution in [2.24, 2.45) is 0 Å². The fourth-order valence-corrected chi connectivity index (χ4v) is 10.6. The van der Waals surface area contributed by atoms with Gasteiger partial charge in [-0.2, -0.15) is 26.3 Å². The van der Waals surface area contributed by atoms with Crippen LogP contribution >= 0.6 is 0 Å². The smallest absolute Gasteiger partial charge is 0.166 e. The minimum Gasteiger partial charge on any atom is -0.166 e. The van der Waals surface area contributed by atoms with Crippen LogP contribution in [0.25, 0.3) is 121 Å². The summed E-state index contributed by atoms with van der Waals surface area (Å²) >= 11 is 0. The molecule has 0 amide bonds. The first-order valence-electron chi connectivity index (χ1n) is 24.3. The van der Waals surface area contributed by atoms with E-state index in [9.17, 15) is 26.3 Å². The van der Waals surface area contributed by atoms with Crippen LogP contribution in [0.3, 0.4) is 0 Å². The summed E-state index contributed by atoms with van der Waals surface area (Å²) in [5.41, 5.74) is 12.1. The molecule has 74 heavy (non-hydrogen) atoms. The van der Waals surface area contributed by atoms with Gasteiger partial charge in [0.15, 0.2) is 0 Å². The predicted octanol–water partition coefficient (Wildman–Crippen LogP) is 20.5. The quantitative estimate of drug-likeness (QED) is 0.105. The molecule has 0 aliphatic carbocycles. The van der Waals surface area contributed by atoms with Crippen molar-refractivity contribution >= 4 is 32.3 Å². The van der Waals surface area contributed by atoms with Crippen molar-refractivity contribution in [3.05, 3.63) is 266 Å². The van der Waals surface area contributed by atoms with Crippen LogP contribution in [0.4, 0.5) is 26.3 Å². The van der Waals surface area contributed by atoms with Gasteiger partial charge in [0, 0.05) is 0 Å². The minimum atomic E-state index is -4.59. The number of hydrogen-bond donors (Lipinski definition) is 0. The molecule has 0 aromatic heterocycles. The highest BCUT2D eigenvalue weighted by molar-refractivity contribution is 6.31. The van der Waals surface area contributed by atoms with E-state index in [1.165, 1.54) is 0 Å². The Hall–Kier alpha value is -9.00. The van der Waals surface area contributed by atoms with E-state index in [1.54, 1.807) is 24.3 Å². The molecule has 0 fully saturated rings. The summed E-state index contributed by atoms with van der Waals surface area (Å²) in [6, 6.07) is 80.0. The van der Waals surface area contributed by atoms with Crippen LogP contribution in [0.1, 0.15) is 11.1 Å². The number of benzene rings is 12. The number of fused-ring (bicyclic) bond motifs is 3. The van der Waals surface area contributed by atoms with E-state index < -0.39 is 23.5 Å². The summed E-state index contributed by atoms with van der Waals surface area (Å²) in [5.74, 6) is 0. The van der Waals surface area contributed by atoms with E-state index in [-0.39, 0.29) is 0 Å². The molecule has 0 nitrogen and oxygen atoms in total. The highest BCUT2D eigenvalue weighted by atomic mass is 19.4. The van der Waals surface area contributed by atoms with Crippen LogP contribution in [0, 0.1) is 0 Å². The van der Waals surface area contributed by atoms with Gasteiger partial charge in [-0.1, -0.05) is 206 Å². The second-order valence-corrected chi connectivity index (χ2v) is 18.6. The van der Waals surface area contributed by atoms with Gasteiger partial charge in [0.2, 0.25) is 0 Å². The molecule has 0 unspecified atom stereocenters. The number of rotatable bonds is 8. The molecule has 12 aromatic carbocycles. The number of halogens is 6. The van der Waals surface area contributed by atoms with E-state index >= 15 is 0 Å². The molecular weight excluding hydrogens is 931 g/mol. The Morgan fingerprint density at radius 2 is 0.541 bits per heavy atom. The lowest BCUT2D eigenvalue weighted by atomic mass is 9.78. The second kappa shape index (κ2) is 18.6. The van der Waals surface area contributed by atoms with E-state index in [0.29, 0.717) is 22.3 Å². The Balaban J connectivity index is 1.30. The van der Waals surface area contributed by atoms with Gasteiger partial charge >= 0.3 is 12.4 Å². The minimum absolute atomic E-state index is 0.546. The van der Waals surface area contributed by atoms with Gasteiger partial charge in [-0.25, -0.2) is 0 Å². The second-order valence-electron chi connectivity index (χ2n) is 18.6. The Bertz CT molecular complexity index is 4000. The topological polar surface area (TPSA) is 0 Å². The van der Waals surface area contributed by atoms with Crippen LogP contribution in [0.2, 0.25) is 0 Å². The van der Waals surface area contributed by atoms with Crippen molar-refractivity contribution in [2.75, 3.05) is 0 Å². The van der Waals surface area contributed by atoms with Crippen LogP contribution in [-0.2, 0) is 12.4 Å². The molecule has 12 rings (SSSR count). The third-order valence-corrected chi connectivity index (χ3v) is 14.1. The first-order chi connectivity index (χ1) is 36.0. The molecule has 0 spiro atoms. The summed E-state index contributed by atoms with van der Waals surface area (Å²) < 4.78 is 86.9. The zero-order valence-electron chi connectivity index (χ0n) is 39.5. The van der Waals surface area contributed by atoms with Crippen molar-refractivity contribution in [1.29, 1.82) is 0 Å². The maximum Gasteiger partial charge on any atom is 0.416 e. The molecule has 0 aliphatic heterocycles. The Labute approximate surface area is 424 Å². The molecule has 0 heterocycles. The maximum atomic E-state index is 14.5. The molecule has 0 N–H and O–H groups in total. The monoisotopic (exact) mass is 972 g/mol. The molecule has 0 atom stereocenters. The molecule has 0 saturated heterocycles. The lowest BCUT2D eigenvalue weighted by Crippen LogP contribution is -2.04. The summed E-state index contributed by atoms with van der Waals surface area (Å²) in [5, 5.41) is 4.70. The van der Waals surface area contributed by atoms with Crippen molar-refractivity contribution in [1.82, 2.24) is 0 Å². The van der Waals surface area contributed by atoms with Crippen LogP contribution in [0.5, 0.6) is 0 Å². The summed E-state index contributed by atoms with van der Waals surface area (Å²) in [6.45, 7) is 0. The normalized spacial score (nSPS) is 11.9. The van der Waals surface area contributed by atoms with Crippen molar-refractivity contribution in [3.8, 4) is 89.0 Å². The highest BCUT2D eigenvalue weighted by Crippen LogP contribution is 2.53. The SMILES string of the molecule is FC(F)(F)c1ccc(-c2c3cc4cc(-c5ccccc5)ccc4c(-c4ccc(-c5ccccc5)cc4)c3c(-c3ccc(C(F)(F)F)cc3)c3cc(-c4ccccc4)cc(-c4ccc(-c5ccccc5)cc4)c23)cc1. The third kappa shape index (κ3) is 8.58. The van der Waals surface area contributed by atoms with Gasteiger partial charge < -0.3 is 0 Å². The van der Waals surface area contributed by atoms with E-state index in [2.05, 4.69) is 109 Å². The third-order valence-electron chi connectivity index (χ3n) is 14.1. The fraction of sp³-hybridized carbons (Fsp3) is 0.0294. The predicted molar refractivity (Wildman–Crippen MR) is 292 cm³/mol. The molecule has 12 aromatic rings. The van der Waals surface area contributed by atoms with Gasteiger partial charge in [0.1, 0.15) is 0 Å². The highest BCUT2D eigenvalue weighted by Gasteiger charge is 2.32. The average molecular weight is 973 g/mol. The fourth-order valence-electron chi connectivity index (χ4n) is 10.6. The molecule has 6 heteroatoms. The van der Waals surface area contributed by atoms with Gasteiger partial charge in [-0.15, -0.1) is 0 Å². The van der Waals surface area contributed by atoms with Gasteiger partial charge in [-0.05, 0) is 170 Å². The zero-order chi connectivity index (χ0) is 50.6. The van der Waals surface area contributed by atoms with Crippen LogP contribution in [0.15, 0.2) is 255 Å². The maximum absolute atomic E-state index is 14.5. The van der Waals surface area contributed by atoms with Gasteiger partial charge in [-0.3, -0.25) is 0 Å². The van der Waals surface area contributed by atoms with E-state index in [1.807, 2.05) is 97.1 Å². The van der Waals surface area contributed by atoms with Crippen molar-refractivity contribution in [2.45, 2.75) is 12.4 Å². The Morgan fingerprint density at radius 3 is 0.986 bits per heavy atom. The molecule has 0 aliphatic rings. The standard InChI is InChI=1S/C68H42F6/c69-67(70,71)56-34-29-51(30-35-56)63-61-42-55-39-53(45-17-9-3-10-18-45)33-38-58(55)62(50-27-23-48(24-28-50)44-15-7-2-8-16-44)66(61)64(52-31-36-57(37-32-52)68(72,73)74)60-41-54(46-19-11-4-12-20-46)40-59(65(60)63)49-25-21-47(22-26-49)43-13-5-1-6-14-43/h1-42H. The van der Waals surface area contributed by atoms with E-state index in [0.717, 1.165) is 123 Å². The largest absolute Gasteiger partial charge is 0.416 e.